The minimum Gasteiger partial charge on any atom is -0.491 e. The van der Waals surface area contributed by atoms with Gasteiger partial charge in [-0.3, -0.25) is 4.79 Å². The number of carbonyl (C=O) groups is 1. The summed E-state index contributed by atoms with van der Waals surface area (Å²) in [5.74, 6) is 0.976. The first-order valence-electron chi connectivity index (χ1n) is 9.00. The summed E-state index contributed by atoms with van der Waals surface area (Å²) in [6.45, 7) is 8.03. The Kier molecular flexibility index (Phi) is 10.4. The molecule has 0 unspecified atom stereocenters. The molecule has 0 saturated heterocycles. The molecule has 0 aliphatic rings. The highest BCUT2D eigenvalue weighted by atomic mass is 16.5. The van der Waals surface area contributed by atoms with Gasteiger partial charge in [0, 0.05) is 18.1 Å². The molecule has 0 atom stereocenters. The molecule has 23 heavy (non-hydrogen) atoms. The summed E-state index contributed by atoms with van der Waals surface area (Å²) < 4.78 is 11.2. The van der Waals surface area contributed by atoms with Crippen molar-refractivity contribution in [2.45, 2.75) is 59.3 Å². The third-order valence-electron chi connectivity index (χ3n) is 3.80. The van der Waals surface area contributed by atoms with E-state index >= 15 is 0 Å². The van der Waals surface area contributed by atoms with E-state index in [0.29, 0.717) is 13.2 Å². The number of unbranched alkanes of at least 4 members (excludes halogenated alkanes) is 5. The third-order valence-corrected chi connectivity index (χ3v) is 3.80. The average molecular weight is 320 g/mol. The lowest BCUT2D eigenvalue weighted by Crippen LogP contribution is -2.09. The molecule has 1 aromatic carbocycles. The summed E-state index contributed by atoms with van der Waals surface area (Å²) in [5.41, 5.74) is 0.742. The van der Waals surface area contributed by atoms with Gasteiger partial charge in [-0.25, -0.2) is 0 Å². The predicted molar refractivity (Wildman–Crippen MR) is 95.3 cm³/mol. The van der Waals surface area contributed by atoms with Crippen LogP contribution in [0.3, 0.4) is 0 Å². The first kappa shape index (κ1) is 19.7. The molecule has 0 spiro atoms. The number of carbonyl (C=O) groups excluding carboxylic acids is 1. The van der Waals surface area contributed by atoms with Gasteiger partial charge in [-0.05, 0) is 30.7 Å². The zero-order valence-electron chi connectivity index (χ0n) is 15.0. The molecule has 0 radical (unpaired) electrons. The highest BCUT2D eigenvalue weighted by molar-refractivity contribution is 5.97. The fraction of sp³-hybridized carbons (Fsp3) is 0.650. The van der Waals surface area contributed by atoms with Crippen LogP contribution in [0.2, 0.25) is 0 Å². The normalized spacial score (nSPS) is 11.0. The van der Waals surface area contributed by atoms with Crippen LogP contribution in [0.25, 0.3) is 0 Å². The van der Waals surface area contributed by atoms with Crippen molar-refractivity contribution in [3.05, 3.63) is 29.8 Å². The van der Waals surface area contributed by atoms with Gasteiger partial charge in [-0.15, -0.1) is 0 Å². The Hall–Kier alpha value is -1.35. The lowest BCUT2D eigenvalue weighted by atomic mass is 10.0. The monoisotopic (exact) mass is 320 g/mol. The summed E-state index contributed by atoms with van der Waals surface area (Å²) in [6, 6.07) is 7.36. The van der Waals surface area contributed by atoms with Crippen LogP contribution in [0.15, 0.2) is 24.3 Å². The van der Waals surface area contributed by atoms with Crippen molar-refractivity contribution in [2.24, 2.45) is 5.92 Å². The third kappa shape index (κ3) is 8.75. The lowest BCUT2D eigenvalue weighted by Gasteiger charge is -2.09. The van der Waals surface area contributed by atoms with Gasteiger partial charge in [0.25, 0.3) is 0 Å². The van der Waals surface area contributed by atoms with Crippen LogP contribution < -0.4 is 4.74 Å². The summed E-state index contributed by atoms with van der Waals surface area (Å²) in [4.78, 5) is 11.8. The second-order valence-corrected chi connectivity index (χ2v) is 6.27. The molecular weight excluding hydrogens is 288 g/mol. The summed E-state index contributed by atoms with van der Waals surface area (Å²) in [5, 5.41) is 0. The van der Waals surface area contributed by atoms with E-state index in [1.807, 2.05) is 38.1 Å². The first-order chi connectivity index (χ1) is 11.1. The maximum absolute atomic E-state index is 11.8. The van der Waals surface area contributed by atoms with E-state index in [4.69, 9.17) is 9.47 Å². The molecule has 130 valence electrons. The average Bonchev–Trinajstić information content (AvgIpc) is 2.56. The van der Waals surface area contributed by atoms with Gasteiger partial charge in [0.15, 0.2) is 5.78 Å². The maximum atomic E-state index is 11.8. The number of ketones is 1. The Morgan fingerprint density at radius 2 is 1.57 bits per heavy atom. The molecule has 0 bridgehead atoms. The van der Waals surface area contributed by atoms with Crippen molar-refractivity contribution in [3.8, 4) is 5.75 Å². The number of hydrogen-bond acceptors (Lipinski definition) is 3. The fourth-order valence-corrected chi connectivity index (χ4v) is 2.35. The van der Waals surface area contributed by atoms with Crippen molar-refractivity contribution in [1.29, 1.82) is 0 Å². The topological polar surface area (TPSA) is 35.5 Å². The van der Waals surface area contributed by atoms with Crippen molar-refractivity contribution >= 4 is 5.78 Å². The highest BCUT2D eigenvalue weighted by Crippen LogP contribution is 2.15. The second kappa shape index (κ2) is 12.1. The van der Waals surface area contributed by atoms with Gasteiger partial charge in [0.1, 0.15) is 12.4 Å². The van der Waals surface area contributed by atoms with Crippen LogP contribution >= 0.6 is 0 Å². The Morgan fingerprint density at radius 3 is 2.22 bits per heavy atom. The number of ether oxygens (including phenoxy) is 2. The van der Waals surface area contributed by atoms with Crippen LogP contribution in [0.5, 0.6) is 5.75 Å². The number of hydrogen-bond donors (Lipinski definition) is 0. The highest BCUT2D eigenvalue weighted by Gasteiger charge is 2.09. The second-order valence-electron chi connectivity index (χ2n) is 6.27. The molecule has 0 saturated carbocycles. The predicted octanol–water partition coefficient (Wildman–Crippen LogP) is 5.28. The molecule has 0 aliphatic heterocycles. The summed E-state index contributed by atoms with van der Waals surface area (Å²) in [7, 11) is 0. The van der Waals surface area contributed by atoms with Gasteiger partial charge in [0.2, 0.25) is 0 Å². The van der Waals surface area contributed by atoms with Crippen molar-refractivity contribution < 1.29 is 14.3 Å². The van der Waals surface area contributed by atoms with Crippen LogP contribution in [0.1, 0.15) is 69.7 Å². The molecule has 1 rings (SSSR count). The van der Waals surface area contributed by atoms with Crippen molar-refractivity contribution in [3.63, 3.8) is 0 Å². The minimum atomic E-state index is 0.0251. The van der Waals surface area contributed by atoms with Crippen LogP contribution in [0.4, 0.5) is 0 Å². The molecule has 0 aliphatic carbocycles. The van der Waals surface area contributed by atoms with Gasteiger partial charge in [0.05, 0.1) is 6.61 Å². The fourth-order valence-electron chi connectivity index (χ4n) is 2.35. The lowest BCUT2D eigenvalue weighted by molar-refractivity contribution is 0.0937. The molecule has 3 heteroatoms. The van der Waals surface area contributed by atoms with E-state index in [2.05, 4.69) is 6.92 Å². The van der Waals surface area contributed by atoms with Crippen molar-refractivity contribution in [2.75, 3.05) is 19.8 Å². The van der Waals surface area contributed by atoms with E-state index < -0.39 is 0 Å². The standard InChI is InChI=1S/C20H32O3/c1-4-5-6-7-8-9-14-22-15-16-23-19-12-10-18(11-13-19)20(21)17(2)3/h10-13,17H,4-9,14-16H2,1-3H3. The summed E-state index contributed by atoms with van der Waals surface area (Å²) >= 11 is 0. The Bertz CT molecular complexity index is 423. The van der Waals surface area contributed by atoms with E-state index in [-0.39, 0.29) is 11.7 Å². The Labute approximate surface area is 141 Å². The molecule has 0 N–H and O–H groups in total. The van der Waals surface area contributed by atoms with Gasteiger partial charge in [-0.1, -0.05) is 52.9 Å². The largest absolute Gasteiger partial charge is 0.491 e. The Morgan fingerprint density at radius 1 is 0.913 bits per heavy atom. The number of Topliss-reactive ketones (excluding diaryl/α,β-unsaturated/α-hetero) is 1. The summed E-state index contributed by atoms with van der Waals surface area (Å²) in [6.07, 6.45) is 7.68. The molecule has 3 nitrogen and oxygen atoms in total. The van der Waals surface area contributed by atoms with Crippen LogP contribution in [-0.4, -0.2) is 25.6 Å². The van der Waals surface area contributed by atoms with Crippen molar-refractivity contribution in [1.82, 2.24) is 0 Å². The van der Waals surface area contributed by atoms with E-state index in [0.717, 1.165) is 24.3 Å². The zero-order valence-corrected chi connectivity index (χ0v) is 15.0. The minimum absolute atomic E-state index is 0.0251. The van der Waals surface area contributed by atoms with E-state index in [9.17, 15) is 4.79 Å². The molecule has 0 heterocycles. The Balaban J connectivity index is 2.06. The SMILES string of the molecule is CCCCCCCCOCCOc1ccc(C(=O)C(C)C)cc1. The van der Waals surface area contributed by atoms with E-state index in [1.54, 1.807) is 0 Å². The smallest absolute Gasteiger partial charge is 0.165 e. The number of benzene rings is 1. The zero-order chi connectivity index (χ0) is 16.9. The molecule has 0 aromatic heterocycles. The number of rotatable bonds is 13. The van der Waals surface area contributed by atoms with Gasteiger partial charge >= 0.3 is 0 Å². The quantitative estimate of drug-likeness (QED) is 0.366. The molecule has 1 aromatic rings. The van der Waals surface area contributed by atoms with Crippen LogP contribution in [0, 0.1) is 5.92 Å². The maximum Gasteiger partial charge on any atom is 0.165 e. The van der Waals surface area contributed by atoms with Gasteiger partial charge < -0.3 is 9.47 Å². The first-order valence-corrected chi connectivity index (χ1v) is 9.00. The van der Waals surface area contributed by atoms with E-state index in [1.165, 1.54) is 32.1 Å². The van der Waals surface area contributed by atoms with Crippen LogP contribution in [-0.2, 0) is 4.74 Å². The molecule has 0 fully saturated rings. The molecular formula is C20H32O3. The van der Waals surface area contributed by atoms with Gasteiger partial charge in [-0.2, -0.15) is 0 Å². The molecule has 0 amide bonds.